The van der Waals surface area contributed by atoms with Crippen LogP contribution in [-0.2, 0) is 16.1 Å². The van der Waals surface area contributed by atoms with Crippen molar-refractivity contribution in [3.63, 3.8) is 0 Å². The van der Waals surface area contributed by atoms with E-state index in [-0.39, 0.29) is 11.8 Å². The van der Waals surface area contributed by atoms with Gasteiger partial charge in [0, 0.05) is 37.5 Å². The Balaban J connectivity index is 1.15. The number of methoxy groups -OCH3 is 1. The summed E-state index contributed by atoms with van der Waals surface area (Å²) in [4.78, 5) is 32.0. The predicted octanol–water partition coefficient (Wildman–Crippen LogP) is 3.66. The van der Waals surface area contributed by atoms with Crippen molar-refractivity contribution in [3.05, 3.63) is 60.1 Å². The number of ether oxygens (including phenoxy) is 1. The molecule has 6 rings (SSSR count). The van der Waals surface area contributed by atoms with Gasteiger partial charge in [0.2, 0.25) is 0 Å². The Morgan fingerprint density at radius 3 is 2.65 bits per heavy atom. The Morgan fingerprint density at radius 2 is 2.02 bits per heavy atom. The van der Waals surface area contributed by atoms with Crippen molar-refractivity contribution < 1.29 is 13.9 Å². The van der Waals surface area contributed by atoms with Crippen LogP contribution in [0.5, 0.6) is 0 Å². The van der Waals surface area contributed by atoms with E-state index in [1.165, 1.54) is 17.1 Å². The molecule has 0 aromatic carbocycles. The lowest BCUT2D eigenvalue weighted by atomic mass is 9.77. The third-order valence-corrected chi connectivity index (χ3v) is 7.92. The summed E-state index contributed by atoms with van der Waals surface area (Å²) in [7, 11) is 1.57. The molecule has 0 spiro atoms. The molecule has 15 heteroatoms. The molecule has 0 saturated heterocycles. The first-order valence-corrected chi connectivity index (χ1v) is 14.2. The summed E-state index contributed by atoms with van der Waals surface area (Å²) >= 11 is 0. The molecule has 1 fully saturated rings. The van der Waals surface area contributed by atoms with Crippen LogP contribution in [0.4, 0.5) is 16.0 Å². The molecule has 5 heterocycles. The predicted molar refractivity (Wildman–Crippen MR) is 154 cm³/mol. The SMILES string of the molecule is CCn1cc2c(Nc3cc(C)[nH]n3)nc([C@H]3CC[C@](OC)(C(=O)N[C@@H](C)c4cnc(-n5cc(F)cn5)cn4)CC3)nc2n1. The van der Waals surface area contributed by atoms with E-state index in [1.54, 1.807) is 13.3 Å². The van der Waals surface area contributed by atoms with Gasteiger partial charge in [0.1, 0.15) is 17.2 Å². The number of aromatic amines is 1. The maximum absolute atomic E-state index is 13.5. The van der Waals surface area contributed by atoms with Gasteiger partial charge in [0.25, 0.3) is 5.91 Å². The lowest BCUT2D eigenvalue weighted by Crippen LogP contribution is -2.51. The van der Waals surface area contributed by atoms with Gasteiger partial charge in [-0.05, 0) is 46.5 Å². The van der Waals surface area contributed by atoms with Gasteiger partial charge in [-0.25, -0.2) is 24.0 Å². The molecule has 0 radical (unpaired) electrons. The second-order valence-corrected chi connectivity index (χ2v) is 10.8. The van der Waals surface area contributed by atoms with Crippen molar-refractivity contribution in [2.45, 2.75) is 70.6 Å². The van der Waals surface area contributed by atoms with E-state index in [2.05, 4.69) is 41.0 Å². The van der Waals surface area contributed by atoms with Gasteiger partial charge in [-0.2, -0.15) is 15.3 Å². The normalized spacial score (nSPS) is 19.4. The number of H-pyrrole nitrogens is 1. The summed E-state index contributed by atoms with van der Waals surface area (Å²) in [6, 6.07) is 1.48. The van der Waals surface area contributed by atoms with Crippen LogP contribution in [0.25, 0.3) is 16.9 Å². The Labute approximate surface area is 246 Å². The molecule has 1 amide bonds. The van der Waals surface area contributed by atoms with Gasteiger partial charge in [0.15, 0.2) is 23.1 Å². The zero-order chi connectivity index (χ0) is 30.1. The Bertz CT molecular complexity index is 1740. The molecular formula is C28H33FN12O2. The van der Waals surface area contributed by atoms with E-state index in [0.29, 0.717) is 66.8 Å². The number of amides is 1. The lowest BCUT2D eigenvalue weighted by molar-refractivity contribution is -0.148. The second-order valence-electron chi connectivity index (χ2n) is 10.8. The van der Waals surface area contributed by atoms with Crippen molar-refractivity contribution >= 4 is 28.6 Å². The van der Waals surface area contributed by atoms with Gasteiger partial charge in [-0.15, -0.1) is 0 Å². The molecule has 5 aromatic heterocycles. The quantitative estimate of drug-likeness (QED) is 0.231. The highest BCUT2D eigenvalue weighted by atomic mass is 19.1. The number of hydrogen-bond acceptors (Lipinski definition) is 10. The average molecular weight is 589 g/mol. The number of fused-ring (bicyclic) bond motifs is 1. The fourth-order valence-electron chi connectivity index (χ4n) is 5.38. The summed E-state index contributed by atoms with van der Waals surface area (Å²) in [6.45, 7) is 6.50. The minimum Gasteiger partial charge on any atom is -0.368 e. The number of nitrogens with zero attached hydrogens (tertiary/aromatic N) is 9. The molecule has 1 saturated carbocycles. The first kappa shape index (κ1) is 28.3. The Hall–Kier alpha value is -4.79. The number of aryl methyl sites for hydroxylation is 2. The molecule has 224 valence electrons. The number of hydrogen-bond donors (Lipinski definition) is 3. The zero-order valence-corrected chi connectivity index (χ0v) is 24.4. The van der Waals surface area contributed by atoms with Gasteiger partial charge in [0.05, 0.1) is 41.9 Å². The third-order valence-electron chi connectivity index (χ3n) is 7.92. The first-order chi connectivity index (χ1) is 20.8. The van der Waals surface area contributed by atoms with Gasteiger partial charge < -0.3 is 15.4 Å². The van der Waals surface area contributed by atoms with E-state index in [1.807, 2.05) is 37.7 Å². The standard InChI is InChI=1S/C28H33FN12O2/c1-5-40-15-20-25(34-22-10-16(2)37-38-22)35-24(36-26(20)39-40)18-6-8-28(43-4,9-7-18)27(42)33-17(3)21-12-31-23(13-30-21)41-14-19(29)11-32-41/h10-15,17-18H,5-9H2,1-4H3,(H,33,42)(H2,34,35,36,37,38,39)/t17-,18-,28+/m0/s1. The van der Waals surface area contributed by atoms with E-state index in [0.717, 1.165) is 17.3 Å². The van der Waals surface area contributed by atoms with Crippen LogP contribution in [0.1, 0.15) is 68.7 Å². The number of nitrogens with one attached hydrogen (secondary N) is 3. The Kier molecular flexibility index (Phi) is 7.56. The summed E-state index contributed by atoms with van der Waals surface area (Å²) < 4.78 is 22.3. The second kappa shape index (κ2) is 11.5. The maximum Gasteiger partial charge on any atom is 0.252 e. The maximum atomic E-state index is 13.5. The third kappa shape index (κ3) is 5.67. The van der Waals surface area contributed by atoms with E-state index < -0.39 is 17.5 Å². The van der Waals surface area contributed by atoms with Crippen LogP contribution in [0.2, 0.25) is 0 Å². The fourth-order valence-corrected chi connectivity index (χ4v) is 5.38. The molecule has 0 unspecified atom stereocenters. The van der Waals surface area contributed by atoms with E-state index in [4.69, 9.17) is 14.7 Å². The van der Waals surface area contributed by atoms with Crippen LogP contribution >= 0.6 is 0 Å². The molecule has 1 aliphatic carbocycles. The highest BCUT2D eigenvalue weighted by Crippen LogP contribution is 2.40. The number of carbonyl (C=O) groups excluding carboxylic acids is 1. The van der Waals surface area contributed by atoms with Crippen LogP contribution in [0.15, 0.2) is 37.1 Å². The zero-order valence-electron chi connectivity index (χ0n) is 24.4. The molecule has 1 aliphatic rings. The number of carbonyl (C=O) groups is 1. The van der Waals surface area contributed by atoms with Gasteiger partial charge in [-0.3, -0.25) is 19.6 Å². The number of aromatic nitrogens is 10. The molecule has 0 aliphatic heterocycles. The van der Waals surface area contributed by atoms with Crippen molar-refractivity contribution in [2.24, 2.45) is 0 Å². The smallest absolute Gasteiger partial charge is 0.252 e. The van der Waals surface area contributed by atoms with Gasteiger partial charge >= 0.3 is 0 Å². The molecule has 3 N–H and O–H groups in total. The Morgan fingerprint density at radius 1 is 1.21 bits per heavy atom. The monoisotopic (exact) mass is 588 g/mol. The van der Waals surface area contributed by atoms with Crippen molar-refractivity contribution in [2.75, 3.05) is 12.4 Å². The van der Waals surface area contributed by atoms with Crippen LogP contribution in [-0.4, -0.2) is 68.3 Å². The molecule has 43 heavy (non-hydrogen) atoms. The van der Waals surface area contributed by atoms with Gasteiger partial charge in [-0.1, -0.05) is 0 Å². The summed E-state index contributed by atoms with van der Waals surface area (Å²) in [5, 5.41) is 22.9. The molecular weight excluding hydrogens is 555 g/mol. The summed E-state index contributed by atoms with van der Waals surface area (Å²) in [5.41, 5.74) is 1.11. The highest BCUT2D eigenvalue weighted by Gasteiger charge is 2.43. The topological polar surface area (TPSA) is 166 Å². The largest absolute Gasteiger partial charge is 0.368 e. The number of rotatable bonds is 9. The highest BCUT2D eigenvalue weighted by molar-refractivity contribution is 5.88. The van der Waals surface area contributed by atoms with E-state index >= 15 is 0 Å². The van der Waals surface area contributed by atoms with Crippen LogP contribution < -0.4 is 10.6 Å². The molecule has 5 aromatic rings. The molecule has 14 nitrogen and oxygen atoms in total. The minimum absolute atomic E-state index is 0.0247. The summed E-state index contributed by atoms with van der Waals surface area (Å²) in [6.07, 6.45) is 9.57. The number of halogens is 1. The fraction of sp³-hybridized carbons (Fsp3) is 0.429. The van der Waals surface area contributed by atoms with Crippen molar-refractivity contribution in [3.8, 4) is 5.82 Å². The van der Waals surface area contributed by atoms with Crippen LogP contribution in [0.3, 0.4) is 0 Å². The van der Waals surface area contributed by atoms with Crippen LogP contribution in [0, 0.1) is 12.7 Å². The molecule has 1 atom stereocenters. The first-order valence-electron chi connectivity index (χ1n) is 14.2. The summed E-state index contributed by atoms with van der Waals surface area (Å²) in [5.74, 6) is 1.70. The molecule has 0 bridgehead atoms. The minimum atomic E-state index is -0.994. The lowest BCUT2D eigenvalue weighted by Gasteiger charge is -2.38. The average Bonchev–Trinajstić information content (AvgIpc) is 3.76. The van der Waals surface area contributed by atoms with E-state index in [9.17, 15) is 9.18 Å². The van der Waals surface area contributed by atoms with Crippen molar-refractivity contribution in [1.82, 2.24) is 55.0 Å². The van der Waals surface area contributed by atoms with Crippen molar-refractivity contribution in [1.29, 1.82) is 0 Å². The number of anilines is 2.